The maximum Gasteiger partial charge on any atom is 0.203 e. The second kappa shape index (κ2) is 6.53. The largest absolute Gasteiger partial charge is 0.385 e. The van der Waals surface area contributed by atoms with Crippen LogP contribution in [0.3, 0.4) is 0 Å². The molecule has 0 bridgehead atoms. The van der Waals surface area contributed by atoms with Crippen molar-refractivity contribution in [1.82, 2.24) is 9.55 Å². The van der Waals surface area contributed by atoms with Gasteiger partial charge in [0, 0.05) is 32.5 Å². The number of aryl methyl sites for hydroxylation is 1. The number of hydrogen-bond acceptors (Lipinski definition) is 3. The summed E-state index contributed by atoms with van der Waals surface area (Å²) in [5, 5.41) is 3.36. The molecule has 1 atom stereocenters. The van der Waals surface area contributed by atoms with Crippen molar-refractivity contribution in [2.75, 3.05) is 25.6 Å². The molecule has 0 fully saturated rings. The van der Waals surface area contributed by atoms with Gasteiger partial charge in [0.15, 0.2) is 0 Å². The third-order valence-electron chi connectivity index (χ3n) is 2.73. The molecule has 0 aliphatic carbocycles. The Morgan fingerprint density at radius 2 is 2.31 bits per heavy atom. The second-order valence-electron chi connectivity index (χ2n) is 4.14. The number of ether oxygens (including phenoxy) is 1. The first kappa shape index (κ1) is 13.0. The van der Waals surface area contributed by atoms with Crippen LogP contribution in [0.4, 0.5) is 5.95 Å². The Hall–Kier alpha value is -1.03. The molecular formula is C12H23N3O. The van der Waals surface area contributed by atoms with E-state index in [1.54, 1.807) is 7.11 Å². The highest BCUT2D eigenvalue weighted by atomic mass is 16.5. The van der Waals surface area contributed by atoms with Gasteiger partial charge in [-0.05, 0) is 26.7 Å². The molecule has 1 N–H and O–H groups in total. The lowest BCUT2D eigenvalue weighted by Gasteiger charge is -2.14. The van der Waals surface area contributed by atoms with Gasteiger partial charge >= 0.3 is 0 Å². The number of anilines is 1. The number of nitrogens with zero attached hydrogens (tertiary/aromatic N) is 2. The minimum atomic E-state index is 0.492. The van der Waals surface area contributed by atoms with Crippen molar-refractivity contribution in [1.29, 1.82) is 0 Å². The van der Waals surface area contributed by atoms with Crippen molar-refractivity contribution < 1.29 is 4.74 Å². The summed E-state index contributed by atoms with van der Waals surface area (Å²) in [6, 6.07) is 0.492. The summed E-state index contributed by atoms with van der Waals surface area (Å²) in [6.07, 6.45) is 4.22. The molecule has 0 aromatic carbocycles. The number of nitrogens with one attached hydrogen (secondary N) is 1. The summed E-state index contributed by atoms with van der Waals surface area (Å²) in [5.41, 5.74) is 1.06. The number of imidazole rings is 1. The Morgan fingerprint density at radius 1 is 1.56 bits per heavy atom. The van der Waals surface area contributed by atoms with E-state index in [1.165, 1.54) is 0 Å². The van der Waals surface area contributed by atoms with Gasteiger partial charge in [-0.2, -0.15) is 0 Å². The maximum atomic E-state index is 5.02. The first-order valence-corrected chi connectivity index (χ1v) is 5.97. The Balaban J connectivity index is 2.56. The number of aromatic nitrogens is 2. The van der Waals surface area contributed by atoms with E-state index in [1.807, 2.05) is 6.92 Å². The van der Waals surface area contributed by atoms with Gasteiger partial charge < -0.3 is 14.6 Å². The van der Waals surface area contributed by atoms with Crippen molar-refractivity contribution >= 4 is 5.95 Å². The summed E-state index contributed by atoms with van der Waals surface area (Å²) < 4.78 is 7.23. The lowest BCUT2D eigenvalue weighted by molar-refractivity contribution is 0.197. The predicted molar refractivity (Wildman–Crippen MR) is 66.9 cm³/mol. The van der Waals surface area contributed by atoms with E-state index in [9.17, 15) is 0 Å². The summed E-state index contributed by atoms with van der Waals surface area (Å²) in [6.45, 7) is 8.12. The molecule has 1 aromatic rings. The molecule has 16 heavy (non-hydrogen) atoms. The molecule has 4 nitrogen and oxygen atoms in total. The number of rotatable bonds is 7. The zero-order valence-electron chi connectivity index (χ0n) is 10.8. The second-order valence-corrected chi connectivity index (χ2v) is 4.14. The molecular weight excluding hydrogens is 202 g/mol. The van der Waals surface area contributed by atoms with Crippen molar-refractivity contribution in [3.8, 4) is 0 Å². The Labute approximate surface area is 98.0 Å². The molecule has 0 aliphatic heterocycles. The van der Waals surface area contributed by atoms with Crippen LogP contribution in [0.2, 0.25) is 0 Å². The van der Waals surface area contributed by atoms with Gasteiger partial charge in [0.05, 0.1) is 5.69 Å². The SMILES string of the molecule is CCC(C)n1cc(C)nc1NCCCOC. The van der Waals surface area contributed by atoms with Crippen LogP contribution in [0.25, 0.3) is 0 Å². The van der Waals surface area contributed by atoms with Crippen LogP contribution < -0.4 is 5.32 Å². The fourth-order valence-electron chi connectivity index (χ4n) is 1.60. The minimum Gasteiger partial charge on any atom is -0.385 e. The molecule has 1 unspecified atom stereocenters. The van der Waals surface area contributed by atoms with Crippen LogP contribution in [-0.4, -0.2) is 29.8 Å². The van der Waals surface area contributed by atoms with E-state index in [4.69, 9.17) is 4.74 Å². The lowest BCUT2D eigenvalue weighted by atomic mass is 10.2. The molecule has 0 saturated heterocycles. The third kappa shape index (κ3) is 3.52. The summed E-state index contributed by atoms with van der Waals surface area (Å²) >= 11 is 0. The highest BCUT2D eigenvalue weighted by Gasteiger charge is 2.09. The van der Waals surface area contributed by atoms with E-state index >= 15 is 0 Å². The van der Waals surface area contributed by atoms with Gasteiger partial charge in [-0.1, -0.05) is 6.92 Å². The Bertz CT molecular complexity index is 309. The first-order valence-electron chi connectivity index (χ1n) is 5.97. The van der Waals surface area contributed by atoms with Gasteiger partial charge in [-0.15, -0.1) is 0 Å². The molecule has 4 heteroatoms. The van der Waals surface area contributed by atoms with E-state index in [0.717, 1.165) is 37.6 Å². The average Bonchev–Trinajstić information content (AvgIpc) is 2.65. The highest BCUT2D eigenvalue weighted by molar-refractivity contribution is 5.29. The maximum absolute atomic E-state index is 5.02. The molecule has 1 rings (SSSR count). The van der Waals surface area contributed by atoms with E-state index < -0.39 is 0 Å². The molecule has 92 valence electrons. The van der Waals surface area contributed by atoms with Crippen LogP contribution in [0, 0.1) is 6.92 Å². The van der Waals surface area contributed by atoms with Gasteiger partial charge in [0.1, 0.15) is 0 Å². The topological polar surface area (TPSA) is 39.1 Å². The molecule has 0 saturated carbocycles. The van der Waals surface area contributed by atoms with Crippen LogP contribution >= 0.6 is 0 Å². The van der Waals surface area contributed by atoms with Gasteiger partial charge in [0.2, 0.25) is 5.95 Å². The van der Waals surface area contributed by atoms with Crippen LogP contribution in [0.5, 0.6) is 0 Å². The molecule has 0 aliphatic rings. The zero-order chi connectivity index (χ0) is 12.0. The fourth-order valence-corrected chi connectivity index (χ4v) is 1.60. The number of methoxy groups -OCH3 is 1. The third-order valence-corrected chi connectivity index (χ3v) is 2.73. The summed E-state index contributed by atoms with van der Waals surface area (Å²) in [4.78, 5) is 4.49. The van der Waals surface area contributed by atoms with E-state index in [2.05, 4.69) is 34.9 Å². The number of hydrogen-bond donors (Lipinski definition) is 1. The quantitative estimate of drug-likeness (QED) is 0.725. The Morgan fingerprint density at radius 3 is 2.94 bits per heavy atom. The molecule has 1 heterocycles. The van der Waals surface area contributed by atoms with Gasteiger partial charge in [-0.25, -0.2) is 4.98 Å². The van der Waals surface area contributed by atoms with Crippen molar-refractivity contribution in [2.24, 2.45) is 0 Å². The predicted octanol–water partition coefficient (Wildman–Crippen LogP) is 2.61. The molecule has 0 radical (unpaired) electrons. The zero-order valence-corrected chi connectivity index (χ0v) is 10.8. The highest BCUT2D eigenvalue weighted by Crippen LogP contribution is 2.18. The summed E-state index contributed by atoms with van der Waals surface area (Å²) in [5.74, 6) is 0.975. The van der Waals surface area contributed by atoms with E-state index in [0.29, 0.717) is 6.04 Å². The van der Waals surface area contributed by atoms with Crippen molar-refractivity contribution in [3.63, 3.8) is 0 Å². The smallest absolute Gasteiger partial charge is 0.203 e. The van der Waals surface area contributed by atoms with Gasteiger partial charge in [0.25, 0.3) is 0 Å². The van der Waals surface area contributed by atoms with Crippen molar-refractivity contribution in [2.45, 2.75) is 39.7 Å². The monoisotopic (exact) mass is 225 g/mol. The van der Waals surface area contributed by atoms with Crippen LogP contribution in [-0.2, 0) is 4.74 Å². The first-order chi connectivity index (χ1) is 7.69. The fraction of sp³-hybridized carbons (Fsp3) is 0.750. The van der Waals surface area contributed by atoms with Crippen LogP contribution in [0.1, 0.15) is 38.4 Å². The standard InChI is InChI=1S/C12H23N3O/c1-5-11(3)15-9-10(2)14-12(15)13-7-6-8-16-4/h9,11H,5-8H2,1-4H3,(H,13,14). The average molecular weight is 225 g/mol. The molecule has 0 amide bonds. The van der Waals surface area contributed by atoms with Gasteiger partial charge in [-0.3, -0.25) is 0 Å². The summed E-state index contributed by atoms with van der Waals surface area (Å²) in [7, 11) is 1.73. The Kier molecular flexibility index (Phi) is 5.32. The van der Waals surface area contributed by atoms with Crippen molar-refractivity contribution in [3.05, 3.63) is 11.9 Å². The minimum absolute atomic E-state index is 0.492. The normalized spacial score (nSPS) is 12.8. The lowest BCUT2D eigenvalue weighted by Crippen LogP contribution is -2.12. The van der Waals surface area contributed by atoms with E-state index in [-0.39, 0.29) is 0 Å². The molecule has 1 aromatic heterocycles. The molecule has 0 spiro atoms. The van der Waals surface area contributed by atoms with Crippen LogP contribution in [0.15, 0.2) is 6.20 Å².